The molecule has 0 bridgehead atoms. The fraction of sp³-hybridized carbons (Fsp3) is 0.600. The molecule has 20 heavy (non-hydrogen) atoms. The second-order valence-corrected chi connectivity index (χ2v) is 6.71. The summed E-state index contributed by atoms with van der Waals surface area (Å²) in [4.78, 5) is 16.7. The van der Waals surface area contributed by atoms with E-state index in [1.54, 1.807) is 17.8 Å². The number of thioether (sulfide) groups is 1. The maximum absolute atomic E-state index is 12.2. The van der Waals surface area contributed by atoms with Crippen molar-refractivity contribution in [2.75, 3.05) is 30.9 Å². The molecule has 1 aromatic rings. The molecule has 112 valence electrons. The Bertz CT molecular complexity index is 455. The van der Waals surface area contributed by atoms with Gasteiger partial charge in [0.2, 0.25) is 0 Å². The Morgan fingerprint density at radius 2 is 2.05 bits per heavy atom. The summed E-state index contributed by atoms with van der Waals surface area (Å²) in [5, 5.41) is 5.97. The number of hydrogen-bond acceptors (Lipinski definition) is 4. The van der Waals surface area contributed by atoms with Crippen molar-refractivity contribution in [3.05, 3.63) is 23.4 Å². The van der Waals surface area contributed by atoms with Crippen LogP contribution in [0.15, 0.2) is 12.1 Å². The Hall–Kier alpha value is -1.23. The van der Waals surface area contributed by atoms with Crippen LogP contribution in [-0.4, -0.2) is 36.5 Å². The molecule has 2 N–H and O–H groups in total. The van der Waals surface area contributed by atoms with E-state index in [4.69, 9.17) is 0 Å². The molecule has 0 aliphatic carbocycles. The summed E-state index contributed by atoms with van der Waals surface area (Å²) in [6.07, 6.45) is 3.06. The van der Waals surface area contributed by atoms with Crippen LogP contribution in [0.4, 0.5) is 5.82 Å². The van der Waals surface area contributed by atoms with E-state index >= 15 is 0 Å². The Morgan fingerprint density at radius 1 is 1.35 bits per heavy atom. The molecule has 0 spiro atoms. The number of hydrogen-bond donors (Lipinski definition) is 2. The Kier molecular flexibility index (Phi) is 6.33. The quantitative estimate of drug-likeness (QED) is 0.792. The molecule has 1 rings (SSSR count). The van der Waals surface area contributed by atoms with E-state index in [-0.39, 0.29) is 11.3 Å². The molecule has 0 unspecified atom stereocenters. The summed E-state index contributed by atoms with van der Waals surface area (Å²) in [5.41, 5.74) is 1.50. The minimum Gasteiger partial charge on any atom is -0.373 e. The third kappa shape index (κ3) is 5.04. The highest BCUT2D eigenvalue weighted by Crippen LogP contribution is 2.23. The molecule has 4 nitrogen and oxygen atoms in total. The van der Waals surface area contributed by atoms with Gasteiger partial charge >= 0.3 is 0 Å². The molecular formula is C15H25N3OS. The van der Waals surface area contributed by atoms with Crippen LogP contribution in [-0.2, 0) is 5.41 Å². The first kappa shape index (κ1) is 16.8. The molecule has 0 atom stereocenters. The number of aromatic nitrogens is 1. The summed E-state index contributed by atoms with van der Waals surface area (Å²) >= 11 is 1.79. The summed E-state index contributed by atoms with van der Waals surface area (Å²) in [6.45, 7) is 6.99. The zero-order valence-corrected chi connectivity index (χ0v) is 13.9. The molecule has 0 saturated heterocycles. The van der Waals surface area contributed by atoms with Crippen molar-refractivity contribution >= 4 is 23.5 Å². The van der Waals surface area contributed by atoms with Gasteiger partial charge in [0, 0.05) is 30.3 Å². The number of nitrogens with one attached hydrogen (secondary N) is 2. The van der Waals surface area contributed by atoms with Gasteiger partial charge in [0.1, 0.15) is 5.82 Å². The number of pyridine rings is 1. The van der Waals surface area contributed by atoms with Gasteiger partial charge in [-0.1, -0.05) is 20.8 Å². The zero-order chi connectivity index (χ0) is 15.2. The monoisotopic (exact) mass is 295 g/mol. The number of rotatable bonds is 6. The van der Waals surface area contributed by atoms with E-state index in [1.165, 1.54) is 0 Å². The molecule has 0 aromatic carbocycles. The molecule has 1 amide bonds. The molecule has 0 saturated carbocycles. The summed E-state index contributed by atoms with van der Waals surface area (Å²) in [7, 11) is 1.81. The standard InChI is InChI=1S/C15H25N3OS/c1-15(2,3)12-9-11(10-13(16-4)18-12)14(19)17-7-6-8-20-5/h9-10H,6-8H2,1-5H3,(H,16,18)(H,17,19). The number of carbonyl (C=O) groups excluding carboxylic acids is 1. The summed E-state index contributed by atoms with van der Waals surface area (Å²) < 4.78 is 0. The molecule has 1 heterocycles. The van der Waals surface area contributed by atoms with Crippen LogP contribution >= 0.6 is 11.8 Å². The largest absolute Gasteiger partial charge is 0.373 e. The Labute approximate surface area is 126 Å². The number of amides is 1. The van der Waals surface area contributed by atoms with Gasteiger partial charge in [-0.15, -0.1) is 0 Å². The van der Waals surface area contributed by atoms with Gasteiger partial charge in [0.25, 0.3) is 5.91 Å². The number of carbonyl (C=O) groups is 1. The van der Waals surface area contributed by atoms with Crippen molar-refractivity contribution in [3.8, 4) is 0 Å². The zero-order valence-electron chi connectivity index (χ0n) is 13.0. The van der Waals surface area contributed by atoms with Crippen LogP contribution in [0.2, 0.25) is 0 Å². The van der Waals surface area contributed by atoms with E-state index < -0.39 is 0 Å². The predicted molar refractivity (Wildman–Crippen MR) is 87.8 cm³/mol. The fourth-order valence-electron chi connectivity index (χ4n) is 1.69. The van der Waals surface area contributed by atoms with Gasteiger partial charge in [0.15, 0.2) is 0 Å². The first-order valence-corrected chi connectivity index (χ1v) is 8.25. The fourth-order valence-corrected chi connectivity index (χ4v) is 2.13. The number of nitrogens with zero attached hydrogens (tertiary/aromatic N) is 1. The van der Waals surface area contributed by atoms with Crippen LogP contribution in [0.25, 0.3) is 0 Å². The van der Waals surface area contributed by atoms with Crippen molar-refractivity contribution < 1.29 is 4.79 Å². The van der Waals surface area contributed by atoms with Crippen molar-refractivity contribution in [2.24, 2.45) is 0 Å². The highest BCUT2D eigenvalue weighted by atomic mass is 32.2. The van der Waals surface area contributed by atoms with Crippen molar-refractivity contribution in [3.63, 3.8) is 0 Å². The molecule has 0 radical (unpaired) electrons. The molecular weight excluding hydrogens is 270 g/mol. The van der Waals surface area contributed by atoms with Gasteiger partial charge in [0.05, 0.1) is 0 Å². The highest BCUT2D eigenvalue weighted by molar-refractivity contribution is 7.98. The van der Waals surface area contributed by atoms with Crippen molar-refractivity contribution in [2.45, 2.75) is 32.6 Å². The van der Waals surface area contributed by atoms with Gasteiger partial charge < -0.3 is 10.6 Å². The topological polar surface area (TPSA) is 54.0 Å². The molecule has 1 aromatic heterocycles. The molecule has 0 aliphatic heterocycles. The highest BCUT2D eigenvalue weighted by Gasteiger charge is 2.18. The lowest BCUT2D eigenvalue weighted by Gasteiger charge is -2.19. The lowest BCUT2D eigenvalue weighted by atomic mass is 9.90. The van der Waals surface area contributed by atoms with E-state index in [0.717, 1.165) is 23.7 Å². The maximum atomic E-state index is 12.2. The third-order valence-corrected chi connectivity index (χ3v) is 3.62. The lowest BCUT2D eigenvalue weighted by molar-refractivity contribution is 0.0953. The molecule has 0 fully saturated rings. The van der Waals surface area contributed by atoms with Gasteiger partial charge in [-0.25, -0.2) is 4.98 Å². The first-order chi connectivity index (χ1) is 9.38. The van der Waals surface area contributed by atoms with Crippen LogP contribution in [0, 0.1) is 0 Å². The molecule has 5 heteroatoms. The summed E-state index contributed by atoms with van der Waals surface area (Å²) in [6, 6.07) is 3.67. The summed E-state index contributed by atoms with van der Waals surface area (Å²) in [5.74, 6) is 1.76. The SMILES string of the molecule is CNc1cc(C(=O)NCCCSC)cc(C(C)(C)C)n1. The van der Waals surface area contributed by atoms with E-state index in [1.807, 2.05) is 13.1 Å². The van der Waals surface area contributed by atoms with E-state index in [9.17, 15) is 4.79 Å². The van der Waals surface area contributed by atoms with Gasteiger partial charge in [-0.3, -0.25) is 4.79 Å². The van der Waals surface area contributed by atoms with Gasteiger partial charge in [-0.2, -0.15) is 11.8 Å². The average Bonchev–Trinajstić information content (AvgIpc) is 2.41. The Balaban J connectivity index is 2.85. The third-order valence-electron chi connectivity index (χ3n) is 2.92. The first-order valence-electron chi connectivity index (χ1n) is 6.86. The van der Waals surface area contributed by atoms with Crippen LogP contribution in [0.1, 0.15) is 43.2 Å². The van der Waals surface area contributed by atoms with Crippen LogP contribution in [0.3, 0.4) is 0 Å². The Morgan fingerprint density at radius 3 is 2.60 bits per heavy atom. The number of anilines is 1. The van der Waals surface area contributed by atoms with Gasteiger partial charge in [-0.05, 0) is 30.6 Å². The maximum Gasteiger partial charge on any atom is 0.251 e. The smallest absolute Gasteiger partial charge is 0.251 e. The predicted octanol–water partition coefficient (Wildman–Crippen LogP) is 2.90. The van der Waals surface area contributed by atoms with Crippen molar-refractivity contribution in [1.82, 2.24) is 10.3 Å². The average molecular weight is 295 g/mol. The van der Waals surface area contributed by atoms with E-state index in [0.29, 0.717) is 12.1 Å². The second-order valence-electron chi connectivity index (χ2n) is 5.73. The minimum absolute atomic E-state index is 0.0319. The van der Waals surface area contributed by atoms with E-state index in [2.05, 4.69) is 42.6 Å². The normalized spacial score (nSPS) is 11.2. The second kappa shape index (κ2) is 7.53. The van der Waals surface area contributed by atoms with Crippen LogP contribution in [0.5, 0.6) is 0 Å². The minimum atomic E-state index is -0.0826. The lowest BCUT2D eigenvalue weighted by Crippen LogP contribution is -2.26. The van der Waals surface area contributed by atoms with Crippen LogP contribution < -0.4 is 10.6 Å². The van der Waals surface area contributed by atoms with Crippen molar-refractivity contribution in [1.29, 1.82) is 0 Å². The molecule has 0 aliphatic rings.